The van der Waals surface area contributed by atoms with Crippen LogP contribution in [0.15, 0.2) is 29.2 Å². The van der Waals surface area contributed by atoms with Gasteiger partial charge in [-0.25, -0.2) is 13.1 Å². The smallest absolute Gasteiger partial charge is 0.241 e. The molecule has 1 aromatic carbocycles. The number of benzene rings is 1. The molecular weight excluding hydrogens is 292 g/mol. The molecule has 6 nitrogen and oxygen atoms in total. The Hall–Kier alpha value is -1.88. The predicted octanol–water partition coefficient (Wildman–Crippen LogP) is -0.165. The van der Waals surface area contributed by atoms with Crippen LogP contribution in [0.3, 0.4) is 0 Å². The van der Waals surface area contributed by atoms with Gasteiger partial charge in [-0.05, 0) is 12.1 Å². The molecule has 0 aliphatic carbocycles. The summed E-state index contributed by atoms with van der Waals surface area (Å²) in [6, 6.07) is 6.37. The molecule has 0 fully saturated rings. The molecule has 0 heterocycles. The van der Waals surface area contributed by atoms with Crippen LogP contribution in [0.5, 0.6) is 0 Å². The van der Waals surface area contributed by atoms with E-state index in [1.54, 1.807) is 18.2 Å². The molecule has 0 aromatic heterocycles. The quantitative estimate of drug-likeness (QED) is 0.502. The second-order valence-electron chi connectivity index (χ2n) is 4.15. The van der Waals surface area contributed by atoms with Gasteiger partial charge in [0.25, 0.3) is 0 Å². The van der Waals surface area contributed by atoms with Crippen molar-refractivity contribution in [3.05, 3.63) is 29.8 Å². The van der Waals surface area contributed by atoms with Gasteiger partial charge in [0.05, 0.1) is 11.5 Å². The largest absolute Gasteiger partial charge is 0.395 e. The Bertz CT molecular complexity index is 644. The van der Waals surface area contributed by atoms with Crippen molar-refractivity contribution in [3.8, 4) is 11.8 Å². The van der Waals surface area contributed by atoms with E-state index < -0.39 is 10.0 Å². The highest BCUT2D eigenvalue weighted by molar-refractivity contribution is 7.89. The standard InChI is InChI=1S/C14H18N2O4S/c1-12(18)15-9-10-16-21(19,20)14-8-3-2-6-13(14)7-4-5-11-17/h2-3,6,8,16-17H,5,9-11H2,1H3,(H,15,18). The van der Waals surface area contributed by atoms with Gasteiger partial charge in [0.2, 0.25) is 15.9 Å². The highest BCUT2D eigenvalue weighted by atomic mass is 32.2. The number of hydrogen-bond acceptors (Lipinski definition) is 4. The Balaban J connectivity index is 2.83. The molecule has 0 saturated carbocycles. The number of aliphatic hydroxyl groups is 1. The van der Waals surface area contributed by atoms with Crippen LogP contribution in [-0.4, -0.2) is 39.1 Å². The van der Waals surface area contributed by atoms with Gasteiger partial charge in [-0.15, -0.1) is 0 Å². The van der Waals surface area contributed by atoms with E-state index in [1.165, 1.54) is 13.0 Å². The van der Waals surface area contributed by atoms with Crippen LogP contribution in [0.1, 0.15) is 18.9 Å². The number of carbonyl (C=O) groups excluding carboxylic acids is 1. The minimum atomic E-state index is -3.69. The minimum absolute atomic E-state index is 0.0725. The first-order chi connectivity index (χ1) is 9.97. The van der Waals surface area contributed by atoms with Gasteiger partial charge in [0.1, 0.15) is 0 Å². The Morgan fingerprint density at radius 2 is 2.00 bits per heavy atom. The fraction of sp³-hybridized carbons (Fsp3) is 0.357. The summed E-state index contributed by atoms with van der Waals surface area (Å²) in [7, 11) is -3.69. The second-order valence-corrected chi connectivity index (χ2v) is 5.89. The topological polar surface area (TPSA) is 95.5 Å². The fourth-order valence-electron chi connectivity index (χ4n) is 1.52. The van der Waals surface area contributed by atoms with Crippen molar-refractivity contribution in [2.24, 2.45) is 0 Å². The zero-order valence-electron chi connectivity index (χ0n) is 11.7. The Kier molecular flexibility index (Phi) is 6.88. The molecule has 0 spiro atoms. The van der Waals surface area contributed by atoms with E-state index in [4.69, 9.17) is 5.11 Å². The summed E-state index contributed by atoms with van der Waals surface area (Å²) < 4.78 is 26.8. The number of sulfonamides is 1. The molecule has 0 saturated heterocycles. The second kappa shape index (κ2) is 8.42. The van der Waals surface area contributed by atoms with Crippen molar-refractivity contribution in [2.75, 3.05) is 19.7 Å². The van der Waals surface area contributed by atoms with Crippen molar-refractivity contribution in [1.29, 1.82) is 0 Å². The van der Waals surface area contributed by atoms with Crippen LogP contribution in [0.4, 0.5) is 0 Å². The van der Waals surface area contributed by atoms with E-state index in [-0.39, 0.29) is 36.9 Å². The maximum atomic E-state index is 12.2. The molecule has 1 aromatic rings. The normalized spacial score (nSPS) is 10.6. The Morgan fingerprint density at radius 1 is 1.29 bits per heavy atom. The first kappa shape index (κ1) is 17.2. The highest BCUT2D eigenvalue weighted by Gasteiger charge is 2.16. The monoisotopic (exact) mass is 310 g/mol. The summed E-state index contributed by atoms with van der Waals surface area (Å²) in [6.07, 6.45) is 0.282. The molecule has 0 unspecified atom stereocenters. The van der Waals surface area contributed by atoms with E-state index in [1.807, 2.05) is 0 Å². The highest BCUT2D eigenvalue weighted by Crippen LogP contribution is 2.13. The van der Waals surface area contributed by atoms with Gasteiger partial charge < -0.3 is 10.4 Å². The third-order valence-corrected chi connectivity index (χ3v) is 3.95. The van der Waals surface area contributed by atoms with Crippen molar-refractivity contribution < 1.29 is 18.3 Å². The lowest BCUT2D eigenvalue weighted by atomic mass is 10.2. The zero-order valence-corrected chi connectivity index (χ0v) is 12.5. The summed E-state index contributed by atoms with van der Waals surface area (Å²) in [6.45, 7) is 1.60. The maximum Gasteiger partial charge on any atom is 0.241 e. The van der Waals surface area contributed by atoms with Crippen LogP contribution in [0.25, 0.3) is 0 Å². The van der Waals surface area contributed by atoms with Gasteiger partial charge in [0, 0.05) is 32.0 Å². The average Bonchev–Trinajstić information content (AvgIpc) is 2.44. The maximum absolute atomic E-state index is 12.2. The van der Waals surface area contributed by atoms with E-state index in [0.29, 0.717) is 5.56 Å². The molecule has 1 rings (SSSR count). The average molecular weight is 310 g/mol. The van der Waals surface area contributed by atoms with Gasteiger partial charge >= 0.3 is 0 Å². The van der Waals surface area contributed by atoms with Crippen LogP contribution in [-0.2, 0) is 14.8 Å². The number of hydrogen-bond donors (Lipinski definition) is 3. The number of aliphatic hydroxyl groups excluding tert-OH is 1. The molecule has 21 heavy (non-hydrogen) atoms. The van der Waals surface area contributed by atoms with Crippen molar-refractivity contribution in [3.63, 3.8) is 0 Å². The van der Waals surface area contributed by atoms with E-state index in [0.717, 1.165) is 0 Å². The molecule has 0 aliphatic rings. The molecule has 114 valence electrons. The van der Waals surface area contributed by atoms with Crippen LogP contribution in [0, 0.1) is 11.8 Å². The van der Waals surface area contributed by atoms with Crippen LogP contribution < -0.4 is 10.0 Å². The van der Waals surface area contributed by atoms with E-state index in [2.05, 4.69) is 21.9 Å². The molecule has 7 heteroatoms. The molecule has 0 bridgehead atoms. The third-order valence-electron chi connectivity index (χ3n) is 2.43. The molecule has 0 atom stereocenters. The number of carbonyl (C=O) groups is 1. The summed E-state index contributed by atoms with van der Waals surface area (Å²) in [4.78, 5) is 10.8. The van der Waals surface area contributed by atoms with E-state index >= 15 is 0 Å². The molecule has 0 radical (unpaired) electrons. The summed E-state index contributed by atoms with van der Waals surface area (Å²) in [5, 5.41) is 11.2. The van der Waals surface area contributed by atoms with Crippen molar-refractivity contribution >= 4 is 15.9 Å². The first-order valence-electron chi connectivity index (χ1n) is 6.40. The lowest BCUT2D eigenvalue weighted by Gasteiger charge is -2.08. The lowest BCUT2D eigenvalue weighted by Crippen LogP contribution is -2.33. The van der Waals surface area contributed by atoms with Crippen molar-refractivity contribution in [2.45, 2.75) is 18.2 Å². The molecule has 1 amide bonds. The number of amides is 1. The van der Waals surface area contributed by atoms with Gasteiger partial charge in [0.15, 0.2) is 0 Å². The van der Waals surface area contributed by atoms with E-state index in [9.17, 15) is 13.2 Å². The molecular formula is C14H18N2O4S. The number of nitrogens with one attached hydrogen (secondary N) is 2. The van der Waals surface area contributed by atoms with Crippen LogP contribution in [0.2, 0.25) is 0 Å². The number of rotatable bonds is 6. The fourth-order valence-corrected chi connectivity index (χ4v) is 2.71. The molecule has 0 aliphatic heterocycles. The van der Waals surface area contributed by atoms with Crippen molar-refractivity contribution in [1.82, 2.24) is 10.0 Å². The SMILES string of the molecule is CC(=O)NCCNS(=O)(=O)c1ccccc1C#CCCO. The Morgan fingerprint density at radius 3 is 2.67 bits per heavy atom. The Labute approximate surface area is 124 Å². The zero-order chi connectivity index (χ0) is 15.7. The van der Waals surface area contributed by atoms with Gasteiger partial charge in [-0.3, -0.25) is 4.79 Å². The van der Waals surface area contributed by atoms with Crippen LogP contribution >= 0.6 is 0 Å². The lowest BCUT2D eigenvalue weighted by molar-refractivity contribution is -0.118. The summed E-state index contributed by atoms with van der Waals surface area (Å²) >= 11 is 0. The predicted molar refractivity (Wildman–Crippen MR) is 78.9 cm³/mol. The summed E-state index contributed by atoms with van der Waals surface area (Å²) in [5.41, 5.74) is 0.373. The van der Waals surface area contributed by atoms with Gasteiger partial charge in [-0.2, -0.15) is 0 Å². The van der Waals surface area contributed by atoms with Gasteiger partial charge in [-0.1, -0.05) is 24.0 Å². The first-order valence-corrected chi connectivity index (χ1v) is 7.88. The summed E-state index contributed by atoms with van der Waals surface area (Å²) in [5.74, 6) is 5.21. The third kappa shape index (κ3) is 5.95. The molecule has 3 N–H and O–H groups in total. The minimum Gasteiger partial charge on any atom is -0.395 e.